The molecule has 1 rings (SSSR count). The molecule has 0 aliphatic heterocycles. The van der Waals surface area contributed by atoms with E-state index in [1.807, 2.05) is 0 Å². The van der Waals surface area contributed by atoms with Gasteiger partial charge in [0.25, 0.3) is 0 Å². The second-order valence-electron chi connectivity index (χ2n) is 4.71. The van der Waals surface area contributed by atoms with Crippen molar-refractivity contribution in [1.82, 2.24) is 5.32 Å². The molecular weight excluding hydrogens is 200 g/mol. The monoisotopic (exact) mass is 224 g/mol. The number of amides is 1. The quantitative estimate of drug-likeness (QED) is 0.678. The van der Waals surface area contributed by atoms with Crippen LogP contribution in [0.5, 0.6) is 0 Å². The molecule has 3 nitrogen and oxygen atoms in total. The summed E-state index contributed by atoms with van der Waals surface area (Å²) in [5, 5.41) is 2.90. The fourth-order valence-corrected chi connectivity index (χ4v) is 2.29. The lowest BCUT2D eigenvalue weighted by atomic mass is 9.87. The lowest BCUT2D eigenvalue weighted by Gasteiger charge is -2.21. The first-order valence-electron chi connectivity index (χ1n) is 6.38. The molecule has 1 unspecified atom stereocenters. The minimum absolute atomic E-state index is 0.0456. The molecule has 0 spiro atoms. The van der Waals surface area contributed by atoms with E-state index in [-0.39, 0.29) is 5.91 Å². The van der Waals surface area contributed by atoms with Gasteiger partial charge in [0.05, 0.1) is 6.04 Å². The molecule has 0 aromatic rings. The first kappa shape index (κ1) is 13.2. The molecule has 1 saturated carbocycles. The van der Waals surface area contributed by atoms with Crippen LogP contribution < -0.4 is 11.1 Å². The van der Waals surface area contributed by atoms with Gasteiger partial charge in [-0.15, -0.1) is 6.58 Å². The van der Waals surface area contributed by atoms with Crippen molar-refractivity contribution < 1.29 is 4.79 Å². The summed E-state index contributed by atoms with van der Waals surface area (Å²) in [7, 11) is 0. The predicted molar refractivity (Wildman–Crippen MR) is 67.0 cm³/mol. The third-order valence-corrected chi connectivity index (χ3v) is 3.33. The molecule has 1 aliphatic rings. The zero-order chi connectivity index (χ0) is 11.8. The van der Waals surface area contributed by atoms with Crippen molar-refractivity contribution in [2.24, 2.45) is 11.7 Å². The molecule has 1 aliphatic carbocycles. The van der Waals surface area contributed by atoms with E-state index in [9.17, 15) is 4.79 Å². The van der Waals surface area contributed by atoms with Gasteiger partial charge in [-0.1, -0.05) is 38.2 Å². The first-order valence-corrected chi connectivity index (χ1v) is 6.38. The highest BCUT2D eigenvalue weighted by Crippen LogP contribution is 2.25. The second kappa shape index (κ2) is 7.44. The van der Waals surface area contributed by atoms with E-state index in [0.29, 0.717) is 6.42 Å². The number of nitrogens with two attached hydrogens (primary N) is 1. The van der Waals surface area contributed by atoms with Crippen LogP contribution in [0.2, 0.25) is 0 Å². The average molecular weight is 224 g/mol. The smallest absolute Gasteiger partial charge is 0.237 e. The summed E-state index contributed by atoms with van der Waals surface area (Å²) < 4.78 is 0. The second-order valence-corrected chi connectivity index (χ2v) is 4.71. The maximum Gasteiger partial charge on any atom is 0.237 e. The summed E-state index contributed by atoms with van der Waals surface area (Å²) in [5.41, 5.74) is 5.66. The predicted octanol–water partition coefficient (Wildman–Crippen LogP) is 1.98. The standard InChI is InChI=1S/C13H24N2O/c1-2-6-12(14)13(16)15-10-9-11-7-4-3-5-8-11/h2,11-12H,1,3-10,14H2,(H,15,16). The Morgan fingerprint density at radius 2 is 2.12 bits per heavy atom. The van der Waals surface area contributed by atoms with E-state index in [1.54, 1.807) is 6.08 Å². The molecule has 0 saturated heterocycles. The van der Waals surface area contributed by atoms with Crippen LogP contribution in [0, 0.1) is 5.92 Å². The van der Waals surface area contributed by atoms with Gasteiger partial charge in [-0.05, 0) is 18.8 Å². The Labute approximate surface area is 98.5 Å². The molecule has 0 heterocycles. The Balaban J connectivity index is 2.09. The van der Waals surface area contributed by atoms with E-state index in [2.05, 4.69) is 11.9 Å². The largest absolute Gasteiger partial charge is 0.355 e. The fraction of sp³-hybridized carbons (Fsp3) is 0.769. The van der Waals surface area contributed by atoms with Gasteiger partial charge in [0.2, 0.25) is 5.91 Å². The Morgan fingerprint density at radius 3 is 2.75 bits per heavy atom. The van der Waals surface area contributed by atoms with Crippen LogP contribution in [-0.2, 0) is 4.79 Å². The Morgan fingerprint density at radius 1 is 1.44 bits per heavy atom. The molecule has 0 bridgehead atoms. The zero-order valence-electron chi connectivity index (χ0n) is 10.1. The van der Waals surface area contributed by atoms with E-state index in [1.165, 1.54) is 32.1 Å². The molecule has 3 N–H and O–H groups in total. The van der Waals surface area contributed by atoms with Crippen molar-refractivity contribution in [2.45, 2.75) is 51.0 Å². The molecule has 0 aromatic heterocycles. The molecule has 0 aromatic carbocycles. The number of rotatable bonds is 6. The van der Waals surface area contributed by atoms with E-state index in [0.717, 1.165) is 18.9 Å². The van der Waals surface area contributed by atoms with Crippen molar-refractivity contribution in [2.75, 3.05) is 6.54 Å². The molecule has 3 heteroatoms. The molecule has 1 amide bonds. The van der Waals surface area contributed by atoms with Crippen LogP contribution in [0.3, 0.4) is 0 Å². The molecule has 92 valence electrons. The number of carbonyl (C=O) groups excluding carboxylic acids is 1. The molecule has 16 heavy (non-hydrogen) atoms. The summed E-state index contributed by atoms with van der Waals surface area (Å²) >= 11 is 0. The number of carbonyl (C=O) groups is 1. The van der Waals surface area contributed by atoms with Crippen LogP contribution in [0.25, 0.3) is 0 Å². The SMILES string of the molecule is C=CCC(N)C(=O)NCCC1CCCCC1. The number of hydrogen-bond donors (Lipinski definition) is 2. The van der Waals surface area contributed by atoms with Crippen molar-refractivity contribution >= 4 is 5.91 Å². The highest BCUT2D eigenvalue weighted by atomic mass is 16.2. The summed E-state index contributed by atoms with van der Waals surface area (Å²) in [6.45, 7) is 4.35. The van der Waals surface area contributed by atoms with Crippen LogP contribution >= 0.6 is 0 Å². The number of hydrogen-bond acceptors (Lipinski definition) is 2. The molecule has 1 fully saturated rings. The lowest BCUT2D eigenvalue weighted by molar-refractivity contribution is -0.122. The third-order valence-electron chi connectivity index (χ3n) is 3.33. The van der Waals surface area contributed by atoms with Gasteiger partial charge in [-0.25, -0.2) is 0 Å². The molecule has 0 radical (unpaired) electrons. The van der Waals surface area contributed by atoms with Gasteiger partial charge >= 0.3 is 0 Å². The van der Waals surface area contributed by atoms with Crippen LogP contribution in [0.1, 0.15) is 44.9 Å². The van der Waals surface area contributed by atoms with Crippen LogP contribution in [0.15, 0.2) is 12.7 Å². The molecule has 1 atom stereocenters. The lowest BCUT2D eigenvalue weighted by Crippen LogP contribution is -2.40. The van der Waals surface area contributed by atoms with Crippen LogP contribution in [0.4, 0.5) is 0 Å². The fourth-order valence-electron chi connectivity index (χ4n) is 2.29. The average Bonchev–Trinajstić information content (AvgIpc) is 2.30. The molecular formula is C13H24N2O. The van der Waals surface area contributed by atoms with Gasteiger partial charge in [0, 0.05) is 6.54 Å². The Kier molecular flexibility index (Phi) is 6.16. The highest BCUT2D eigenvalue weighted by molar-refractivity contribution is 5.81. The van der Waals surface area contributed by atoms with Crippen molar-refractivity contribution in [1.29, 1.82) is 0 Å². The number of nitrogens with one attached hydrogen (secondary N) is 1. The Bertz CT molecular complexity index is 222. The minimum Gasteiger partial charge on any atom is -0.355 e. The van der Waals surface area contributed by atoms with E-state index in [4.69, 9.17) is 5.73 Å². The summed E-state index contributed by atoms with van der Waals surface area (Å²) in [6, 6.07) is -0.427. The van der Waals surface area contributed by atoms with Gasteiger partial charge in [-0.3, -0.25) is 4.79 Å². The van der Waals surface area contributed by atoms with Gasteiger partial charge < -0.3 is 11.1 Å². The maximum atomic E-state index is 11.5. The van der Waals surface area contributed by atoms with Gasteiger partial charge in [0.15, 0.2) is 0 Å². The normalized spacial score (nSPS) is 19.1. The summed E-state index contributed by atoms with van der Waals surface area (Å²) in [5.74, 6) is 0.764. The van der Waals surface area contributed by atoms with Crippen LogP contribution in [-0.4, -0.2) is 18.5 Å². The summed E-state index contributed by atoms with van der Waals surface area (Å²) in [6.07, 6.45) is 10.1. The maximum absolute atomic E-state index is 11.5. The third kappa shape index (κ3) is 4.79. The topological polar surface area (TPSA) is 55.1 Å². The van der Waals surface area contributed by atoms with E-state index >= 15 is 0 Å². The van der Waals surface area contributed by atoms with E-state index < -0.39 is 6.04 Å². The van der Waals surface area contributed by atoms with Gasteiger partial charge in [-0.2, -0.15) is 0 Å². The Hall–Kier alpha value is -0.830. The van der Waals surface area contributed by atoms with Crippen molar-refractivity contribution in [3.8, 4) is 0 Å². The minimum atomic E-state index is -0.427. The highest BCUT2D eigenvalue weighted by Gasteiger charge is 2.14. The van der Waals surface area contributed by atoms with Crippen molar-refractivity contribution in [3.05, 3.63) is 12.7 Å². The summed E-state index contributed by atoms with van der Waals surface area (Å²) in [4.78, 5) is 11.5. The first-order chi connectivity index (χ1) is 7.74. The van der Waals surface area contributed by atoms with Gasteiger partial charge in [0.1, 0.15) is 0 Å². The van der Waals surface area contributed by atoms with Crippen molar-refractivity contribution in [3.63, 3.8) is 0 Å². The zero-order valence-corrected chi connectivity index (χ0v) is 10.1.